The zero-order valence-corrected chi connectivity index (χ0v) is 10.9. The van der Waals surface area contributed by atoms with Crippen molar-refractivity contribution in [1.29, 1.82) is 0 Å². The van der Waals surface area contributed by atoms with E-state index in [0.29, 0.717) is 0 Å². The van der Waals surface area contributed by atoms with Gasteiger partial charge in [-0.05, 0) is 0 Å². The minimum absolute atomic E-state index is 0. The van der Waals surface area contributed by atoms with E-state index < -0.39 is 0 Å². The Kier molecular flexibility index (Phi) is 106. The minimum Gasteiger partial charge on any atom is -2.00 e. The Balaban J connectivity index is 0. The summed E-state index contributed by atoms with van der Waals surface area (Å²) in [5.41, 5.74) is 0. The predicted octanol–water partition coefficient (Wildman–Crippen LogP) is -0.655. The van der Waals surface area contributed by atoms with Crippen LogP contribution in [-0.4, -0.2) is 68.5 Å². The molecule has 1 radical (unpaired) electrons. The standard InChI is InChI=1S/La.Mg.O.Sr.2H/q;+2;-2;+2;2*-1. The Morgan fingerprint density at radius 3 is 1.25 bits per heavy atom. The van der Waals surface area contributed by atoms with Crippen LogP contribution in [-0.2, 0) is 5.48 Å². The van der Waals surface area contributed by atoms with Gasteiger partial charge in [-0.3, -0.25) is 0 Å². The molecule has 0 rings (SSSR count). The van der Waals surface area contributed by atoms with Crippen LogP contribution in [0, 0.1) is 35.6 Å². The summed E-state index contributed by atoms with van der Waals surface area (Å²) >= 11 is 0. The maximum absolute atomic E-state index is 0. The molecule has 0 N–H and O–H groups in total. The fourth-order valence-corrected chi connectivity index (χ4v) is 0. The molecule has 0 bridgehead atoms. The van der Waals surface area contributed by atoms with Crippen LogP contribution in [0.5, 0.6) is 0 Å². The van der Waals surface area contributed by atoms with Crippen LogP contribution < -0.4 is 0 Å². The number of rotatable bonds is 0. The smallest absolute Gasteiger partial charge is 2.00 e. The van der Waals surface area contributed by atoms with E-state index in [1.807, 2.05) is 0 Å². The largest absolute Gasteiger partial charge is 2.00 e. The molecule has 0 saturated heterocycles. The van der Waals surface area contributed by atoms with Gasteiger partial charge >= 0.3 is 68.5 Å². The van der Waals surface area contributed by atoms with Crippen LogP contribution in [0.4, 0.5) is 0 Å². The van der Waals surface area contributed by atoms with E-state index in [1.54, 1.807) is 0 Å². The summed E-state index contributed by atoms with van der Waals surface area (Å²) in [5, 5.41) is 0. The topological polar surface area (TPSA) is 28.5 Å². The Morgan fingerprint density at radius 1 is 1.25 bits per heavy atom. The summed E-state index contributed by atoms with van der Waals surface area (Å²) in [6.45, 7) is 0. The van der Waals surface area contributed by atoms with Gasteiger partial charge in [-0.1, -0.05) is 0 Å². The van der Waals surface area contributed by atoms with E-state index in [0.717, 1.165) is 0 Å². The summed E-state index contributed by atoms with van der Waals surface area (Å²) in [6, 6.07) is 0. The molecular weight excluding hydrogens is 267 g/mol. The molecule has 0 unspecified atom stereocenters. The van der Waals surface area contributed by atoms with Crippen LogP contribution in [0.3, 0.4) is 0 Å². The fraction of sp³-hybridized carbons (Fsp3) is 0. The molecule has 0 aromatic carbocycles. The first-order valence-electron chi connectivity index (χ1n) is 0. The predicted molar refractivity (Wildman–Crippen MR) is 14.4 cm³/mol. The number of hydrogen-bond acceptors (Lipinski definition) is 0. The van der Waals surface area contributed by atoms with Crippen molar-refractivity contribution < 1.29 is 43.9 Å². The third-order valence-corrected chi connectivity index (χ3v) is 0. The average molecular weight is 269 g/mol. The first kappa shape index (κ1) is 26.2. The van der Waals surface area contributed by atoms with Crippen LogP contribution >= 0.6 is 0 Å². The molecule has 4 heavy (non-hydrogen) atoms. The van der Waals surface area contributed by atoms with Gasteiger partial charge in [0.25, 0.3) is 0 Å². The molecule has 0 aliphatic carbocycles. The third kappa shape index (κ3) is 9.04. The zero-order chi connectivity index (χ0) is 0. The molecule has 0 aromatic rings. The second-order valence-corrected chi connectivity index (χ2v) is 0. The Morgan fingerprint density at radius 2 is 1.25 bits per heavy atom. The molecule has 0 saturated carbocycles. The molecule has 0 aromatic heterocycles. The van der Waals surface area contributed by atoms with Gasteiger partial charge in [0.1, 0.15) is 0 Å². The molecule has 0 spiro atoms. The maximum Gasteiger partial charge on any atom is 2.00 e. The van der Waals surface area contributed by atoms with Crippen molar-refractivity contribution in [2.75, 3.05) is 0 Å². The maximum atomic E-state index is 0. The molecule has 0 aliphatic heterocycles. The summed E-state index contributed by atoms with van der Waals surface area (Å²) in [5.74, 6) is 0. The van der Waals surface area contributed by atoms with E-state index in [-0.39, 0.29) is 112 Å². The van der Waals surface area contributed by atoms with E-state index >= 15 is 0 Å². The molecule has 0 atom stereocenters. The minimum atomic E-state index is 0. The van der Waals surface area contributed by atoms with E-state index in [1.165, 1.54) is 0 Å². The van der Waals surface area contributed by atoms with E-state index in [2.05, 4.69) is 0 Å². The second-order valence-electron chi connectivity index (χ2n) is 0. The SMILES string of the molecule is [H-].[H-].[La].[Mg+2].[O-2].[Sr+2]. The quantitative estimate of drug-likeness (QED) is 0.523. The van der Waals surface area contributed by atoms with Crippen LogP contribution in [0.25, 0.3) is 0 Å². The summed E-state index contributed by atoms with van der Waals surface area (Å²) < 4.78 is 0. The monoisotopic (exact) mass is 269 g/mol. The van der Waals surface area contributed by atoms with Crippen molar-refractivity contribution in [2.24, 2.45) is 0 Å². The van der Waals surface area contributed by atoms with Gasteiger partial charge in [-0.15, -0.1) is 0 Å². The normalized spacial score (nSPS) is 0. The van der Waals surface area contributed by atoms with Crippen LogP contribution in [0.15, 0.2) is 0 Å². The second kappa shape index (κ2) is 16.1. The van der Waals surface area contributed by atoms with E-state index in [4.69, 9.17) is 0 Å². The Bertz CT molecular complexity index is 13.5. The molecule has 15 valence electrons. The van der Waals surface area contributed by atoms with Crippen molar-refractivity contribution >= 4 is 68.5 Å². The Labute approximate surface area is 110 Å². The van der Waals surface area contributed by atoms with Crippen molar-refractivity contribution in [3.63, 3.8) is 0 Å². The van der Waals surface area contributed by atoms with Gasteiger partial charge in [0.2, 0.25) is 0 Å². The van der Waals surface area contributed by atoms with E-state index in [9.17, 15) is 0 Å². The van der Waals surface area contributed by atoms with Gasteiger partial charge in [0.05, 0.1) is 0 Å². The van der Waals surface area contributed by atoms with Gasteiger partial charge < -0.3 is 8.33 Å². The zero-order valence-electron chi connectivity index (χ0n) is 4.40. The molecule has 1 nitrogen and oxygen atoms in total. The summed E-state index contributed by atoms with van der Waals surface area (Å²) in [4.78, 5) is 0. The van der Waals surface area contributed by atoms with Crippen molar-refractivity contribution in [2.45, 2.75) is 0 Å². The molecule has 0 aliphatic rings. The molecule has 0 heterocycles. The average Bonchev–Trinajstić information content (AvgIpc) is 0. The van der Waals surface area contributed by atoms with Crippen LogP contribution in [0.2, 0.25) is 0 Å². The first-order valence-corrected chi connectivity index (χ1v) is 0. The van der Waals surface area contributed by atoms with Crippen molar-refractivity contribution in [3.05, 3.63) is 0 Å². The molecule has 0 fully saturated rings. The summed E-state index contributed by atoms with van der Waals surface area (Å²) in [6.07, 6.45) is 0. The van der Waals surface area contributed by atoms with Crippen molar-refractivity contribution in [3.8, 4) is 0 Å². The molecule has 0 amide bonds. The van der Waals surface area contributed by atoms with Gasteiger partial charge in [-0.2, -0.15) is 0 Å². The fourth-order valence-electron chi connectivity index (χ4n) is 0. The summed E-state index contributed by atoms with van der Waals surface area (Å²) in [7, 11) is 0. The van der Waals surface area contributed by atoms with Crippen molar-refractivity contribution in [1.82, 2.24) is 0 Å². The van der Waals surface area contributed by atoms with Gasteiger partial charge in [0, 0.05) is 35.6 Å². The number of hydrogen-bond donors (Lipinski definition) is 0. The van der Waals surface area contributed by atoms with Gasteiger partial charge in [-0.25, -0.2) is 0 Å². The third-order valence-electron chi connectivity index (χ3n) is 0. The van der Waals surface area contributed by atoms with Crippen LogP contribution in [0.1, 0.15) is 2.85 Å². The Hall–Kier alpha value is 3.40. The van der Waals surface area contributed by atoms with Gasteiger partial charge in [0.15, 0.2) is 0 Å². The molecule has 4 heteroatoms. The first-order chi connectivity index (χ1) is 0. The molecular formula is H2LaMgOSr.